The molecule has 1 atom stereocenters. The summed E-state index contributed by atoms with van der Waals surface area (Å²) >= 11 is 1.66. The summed E-state index contributed by atoms with van der Waals surface area (Å²) in [5.74, 6) is 0.0535. The van der Waals surface area contributed by atoms with Gasteiger partial charge in [-0.15, -0.1) is 0 Å². The molecule has 1 aliphatic heterocycles. The van der Waals surface area contributed by atoms with Crippen LogP contribution in [0.3, 0.4) is 0 Å². The summed E-state index contributed by atoms with van der Waals surface area (Å²) in [7, 11) is 0. The van der Waals surface area contributed by atoms with Crippen LogP contribution < -0.4 is 5.32 Å². The fraction of sp³-hybridized carbons (Fsp3) is 0.250. The Morgan fingerprint density at radius 2 is 1.70 bits per heavy atom. The van der Waals surface area contributed by atoms with Crippen LogP contribution in [0.25, 0.3) is 0 Å². The van der Waals surface area contributed by atoms with Crippen LogP contribution in [0.5, 0.6) is 0 Å². The highest BCUT2D eigenvalue weighted by Crippen LogP contribution is 2.21. The van der Waals surface area contributed by atoms with Gasteiger partial charge in [-0.05, 0) is 36.4 Å². The Hall–Kier alpha value is -2.80. The number of carboxylic acids is 1. The first-order valence-electron chi connectivity index (χ1n) is 8.61. The second kappa shape index (κ2) is 8.73. The molecule has 0 bridgehead atoms. The van der Waals surface area contributed by atoms with E-state index in [9.17, 15) is 14.4 Å². The van der Waals surface area contributed by atoms with Crippen molar-refractivity contribution in [3.63, 3.8) is 0 Å². The van der Waals surface area contributed by atoms with Crippen LogP contribution in [0.4, 0.5) is 5.69 Å². The Balaban J connectivity index is 1.69. The van der Waals surface area contributed by atoms with Crippen LogP contribution in [0.2, 0.25) is 0 Å². The Morgan fingerprint density at radius 1 is 1.04 bits per heavy atom. The molecule has 1 saturated heterocycles. The molecule has 2 amide bonds. The lowest BCUT2D eigenvalue weighted by atomic mass is 10.1. The van der Waals surface area contributed by atoms with Crippen molar-refractivity contribution in [2.75, 3.05) is 23.4 Å². The quantitative estimate of drug-likeness (QED) is 0.828. The van der Waals surface area contributed by atoms with Gasteiger partial charge < -0.3 is 15.3 Å². The first-order valence-corrected chi connectivity index (χ1v) is 9.77. The van der Waals surface area contributed by atoms with E-state index in [1.165, 1.54) is 0 Å². The predicted molar refractivity (Wildman–Crippen MR) is 105 cm³/mol. The van der Waals surface area contributed by atoms with Crippen molar-refractivity contribution >= 4 is 35.2 Å². The van der Waals surface area contributed by atoms with Crippen molar-refractivity contribution in [3.8, 4) is 0 Å². The Morgan fingerprint density at radius 3 is 2.37 bits per heavy atom. The lowest BCUT2D eigenvalue weighted by Crippen LogP contribution is -2.47. The number of benzene rings is 2. The van der Waals surface area contributed by atoms with E-state index in [0.717, 1.165) is 5.75 Å². The van der Waals surface area contributed by atoms with Gasteiger partial charge in [0.1, 0.15) is 0 Å². The molecule has 0 spiro atoms. The van der Waals surface area contributed by atoms with Crippen molar-refractivity contribution in [3.05, 3.63) is 65.7 Å². The van der Waals surface area contributed by atoms with E-state index in [-0.39, 0.29) is 24.3 Å². The maximum atomic E-state index is 12.8. The molecular formula is C20H20N2O4S. The number of amides is 2. The summed E-state index contributed by atoms with van der Waals surface area (Å²) in [5, 5.41) is 11.9. The predicted octanol–water partition coefficient (Wildman–Crippen LogP) is 2.97. The second-order valence-electron chi connectivity index (χ2n) is 6.22. The van der Waals surface area contributed by atoms with Gasteiger partial charge in [0.25, 0.3) is 11.8 Å². The minimum atomic E-state index is -0.909. The molecule has 0 aliphatic carbocycles. The van der Waals surface area contributed by atoms with E-state index in [4.69, 9.17) is 5.11 Å². The lowest BCUT2D eigenvalue weighted by molar-refractivity contribution is -0.138. The van der Waals surface area contributed by atoms with Gasteiger partial charge in [0, 0.05) is 34.9 Å². The number of hydrogen-bond donors (Lipinski definition) is 2. The van der Waals surface area contributed by atoms with Crippen molar-refractivity contribution in [1.82, 2.24) is 4.90 Å². The largest absolute Gasteiger partial charge is 0.481 e. The summed E-state index contributed by atoms with van der Waals surface area (Å²) in [4.78, 5) is 37.8. The third-order valence-electron chi connectivity index (χ3n) is 4.32. The number of nitrogens with zero attached hydrogens (tertiary/aromatic N) is 1. The van der Waals surface area contributed by atoms with E-state index in [1.54, 1.807) is 53.1 Å². The average molecular weight is 384 g/mol. The molecule has 1 aliphatic rings. The van der Waals surface area contributed by atoms with Crippen LogP contribution in [0.15, 0.2) is 54.6 Å². The number of thioether (sulfide) groups is 1. The Kier molecular flexibility index (Phi) is 6.13. The minimum Gasteiger partial charge on any atom is -0.481 e. The van der Waals surface area contributed by atoms with Gasteiger partial charge in [-0.2, -0.15) is 11.8 Å². The van der Waals surface area contributed by atoms with Crippen LogP contribution in [-0.2, 0) is 4.79 Å². The van der Waals surface area contributed by atoms with Crippen molar-refractivity contribution in [1.29, 1.82) is 0 Å². The van der Waals surface area contributed by atoms with Crippen molar-refractivity contribution in [2.45, 2.75) is 12.5 Å². The smallest absolute Gasteiger partial charge is 0.305 e. The normalized spacial score (nSPS) is 16.6. The van der Waals surface area contributed by atoms with E-state index in [0.29, 0.717) is 29.1 Å². The van der Waals surface area contributed by atoms with E-state index >= 15 is 0 Å². The number of carbonyl (C=O) groups excluding carboxylic acids is 2. The zero-order valence-electron chi connectivity index (χ0n) is 14.6. The molecule has 140 valence electrons. The molecule has 7 heteroatoms. The zero-order chi connectivity index (χ0) is 19.2. The molecule has 6 nitrogen and oxygen atoms in total. The van der Waals surface area contributed by atoms with Crippen LogP contribution in [0, 0.1) is 0 Å². The number of anilines is 1. The molecule has 2 aromatic rings. The summed E-state index contributed by atoms with van der Waals surface area (Å²) in [6.45, 7) is 0.525. The fourth-order valence-electron chi connectivity index (χ4n) is 2.95. The van der Waals surface area contributed by atoms with Gasteiger partial charge in [0.15, 0.2) is 0 Å². The van der Waals surface area contributed by atoms with Crippen molar-refractivity contribution < 1.29 is 19.5 Å². The maximum Gasteiger partial charge on any atom is 0.305 e. The molecule has 2 aromatic carbocycles. The fourth-order valence-corrected chi connectivity index (χ4v) is 4.01. The average Bonchev–Trinajstić information content (AvgIpc) is 2.68. The van der Waals surface area contributed by atoms with Gasteiger partial charge in [0.2, 0.25) is 0 Å². The molecule has 0 aromatic heterocycles. The van der Waals surface area contributed by atoms with Gasteiger partial charge in [-0.3, -0.25) is 14.4 Å². The summed E-state index contributed by atoms with van der Waals surface area (Å²) in [6.07, 6.45) is -0.0592. The van der Waals surface area contributed by atoms with Crippen LogP contribution in [-0.4, -0.2) is 51.9 Å². The first kappa shape index (κ1) is 19.0. The van der Waals surface area contributed by atoms with Gasteiger partial charge in [-0.1, -0.05) is 18.2 Å². The molecule has 1 heterocycles. The summed E-state index contributed by atoms with van der Waals surface area (Å²) in [6, 6.07) is 15.3. The molecule has 0 radical (unpaired) electrons. The Labute approximate surface area is 161 Å². The minimum absolute atomic E-state index is 0.0592. The molecular weight excluding hydrogens is 364 g/mol. The third kappa shape index (κ3) is 4.89. The highest BCUT2D eigenvalue weighted by Gasteiger charge is 2.29. The van der Waals surface area contributed by atoms with E-state index in [1.807, 2.05) is 18.2 Å². The monoisotopic (exact) mass is 384 g/mol. The maximum absolute atomic E-state index is 12.8. The van der Waals surface area contributed by atoms with Gasteiger partial charge in [0.05, 0.1) is 12.5 Å². The molecule has 3 rings (SSSR count). The zero-order valence-corrected chi connectivity index (χ0v) is 15.4. The number of carboxylic acid groups (broad SMARTS) is 1. The molecule has 27 heavy (non-hydrogen) atoms. The highest BCUT2D eigenvalue weighted by molar-refractivity contribution is 7.99. The Bertz CT molecular complexity index is 824. The highest BCUT2D eigenvalue weighted by atomic mass is 32.2. The van der Waals surface area contributed by atoms with Crippen molar-refractivity contribution in [2.24, 2.45) is 0 Å². The molecule has 0 saturated carbocycles. The van der Waals surface area contributed by atoms with Gasteiger partial charge in [-0.25, -0.2) is 0 Å². The number of carbonyl (C=O) groups is 3. The topological polar surface area (TPSA) is 86.7 Å². The third-order valence-corrected chi connectivity index (χ3v) is 5.42. The SMILES string of the molecule is O=C(O)CC1CSCCN1C(=O)c1ccc(C(=O)Nc2ccccc2)cc1. The number of hydrogen-bond acceptors (Lipinski definition) is 4. The molecule has 1 fully saturated rings. The van der Waals surface area contributed by atoms with Crippen LogP contribution in [0.1, 0.15) is 27.1 Å². The first-order chi connectivity index (χ1) is 13.0. The lowest BCUT2D eigenvalue weighted by Gasteiger charge is -2.34. The summed E-state index contributed by atoms with van der Waals surface area (Å²) in [5.41, 5.74) is 1.60. The van der Waals surface area contributed by atoms with Gasteiger partial charge >= 0.3 is 5.97 Å². The second-order valence-corrected chi connectivity index (χ2v) is 7.37. The number of para-hydroxylation sites is 1. The summed E-state index contributed by atoms with van der Waals surface area (Å²) < 4.78 is 0. The standard InChI is InChI=1S/C20H20N2O4S/c23-18(24)12-17-13-27-11-10-22(17)20(26)15-8-6-14(7-9-15)19(25)21-16-4-2-1-3-5-16/h1-9,17H,10-13H2,(H,21,25)(H,23,24). The van der Waals surface area contributed by atoms with E-state index < -0.39 is 5.97 Å². The molecule has 1 unspecified atom stereocenters. The molecule has 2 N–H and O–H groups in total. The number of nitrogens with one attached hydrogen (secondary N) is 1. The number of rotatable bonds is 5. The van der Waals surface area contributed by atoms with E-state index in [2.05, 4.69) is 5.32 Å². The number of aliphatic carboxylic acids is 1. The van der Waals surface area contributed by atoms with Crippen LogP contribution >= 0.6 is 11.8 Å².